The topological polar surface area (TPSA) is 70.7 Å². The van der Waals surface area contributed by atoms with Gasteiger partial charge in [-0.3, -0.25) is 0 Å². The van der Waals surface area contributed by atoms with Crippen LogP contribution in [0.15, 0.2) is 33.5 Å². The minimum absolute atomic E-state index is 0.0770. The van der Waals surface area contributed by atoms with Gasteiger partial charge < -0.3 is 14.6 Å². The number of aliphatic hydroxyl groups is 1. The molecule has 0 amide bonds. The van der Waals surface area contributed by atoms with E-state index in [1.54, 1.807) is 12.1 Å². The first kappa shape index (κ1) is 9.73. The lowest BCUT2D eigenvalue weighted by Crippen LogP contribution is -1.99. The Balaban J connectivity index is 2.90. The fourth-order valence-electron chi connectivity index (χ4n) is 1.55. The zero-order chi connectivity index (χ0) is 11.0. The van der Waals surface area contributed by atoms with Crippen LogP contribution < -0.4 is 5.63 Å². The molecule has 0 fully saturated rings. The van der Waals surface area contributed by atoms with Crippen molar-refractivity contribution >= 4 is 11.0 Å². The van der Waals surface area contributed by atoms with Gasteiger partial charge in [0.15, 0.2) is 0 Å². The lowest BCUT2D eigenvalue weighted by atomic mass is 10.1. The molecular weight excluding hydrogens is 196 g/mol. The second-order valence-corrected chi connectivity index (χ2v) is 3.35. The summed E-state index contributed by atoms with van der Waals surface area (Å²) >= 11 is 0. The molecule has 4 heteroatoms. The van der Waals surface area contributed by atoms with Crippen LogP contribution in [0.2, 0.25) is 0 Å². The van der Waals surface area contributed by atoms with Crippen molar-refractivity contribution in [3.8, 4) is 5.75 Å². The summed E-state index contributed by atoms with van der Waals surface area (Å²) < 4.78 is 4.96. The van der Waals surface area contributed by atoms with Crippen LogP contribution in [0.1, 0.15) is 18.6 Å². The molecule has 78 valence electrons. The van der Waals surface area contributed by atoms with Gasteiger partial charge in [0.2, 0.25) is 0 Å². The minimum Gasteiger partial charge on any atom is -0.507 e. The lowest BCUT2D eigenvalue weighted by molar-refractivity contribution is 0.195. The van der Waals surface area contributed by atoms with Gasteiger partial charge in [0.05, 0.1) is 11.7 Å². The smallest absolute Gasteiger partial charge is 0.336 e. The number of phenols is 1. The zero-order valence-corrected chi connectivity index (χ0v) is 8.10. The highest BCUT2D eigenvalue weighted by Gasteiger charge is 2.14. The highest BCUT2D eigenvalue weighted by Crippen LogP contribution is 2.31. The van der Waals surface area contributed by atoms with Crippen LogP contribution in [0.25, 0.3) is 11.0 Å². The largest absolute Gasteiger partial charge is 0.507 e. The predicted molar refractivity (Wildman–Crippen MR) is 54.8 cm³/mol. The fraction of sp³-hybridized carbons (Fsp3) is 0.182. The maximum absolute atomic E-state index is 11.0. The number of aliphatic hydroxyl groups excluding tert-OH is 1. The molecule has 0 saturated carbocycles. The molecule has 4 nitrogen and oxygen atoms in total. The monoisotopic (exact) mass is 206 g/mol. The van der Waals surface area contributed by atoms with Crippen LogP contribution in [-0.2, 0) is 0 Å². The maximum Gasteiger partial charge on any atom is 0.336 e. The first-order chi connectivity index (χ1) is 7.09. The Morgan fingerprint density at radius 1 is 1.27 bits per heavy atom. The highest BCUT2D eigenvalue weighted by atomic mass is 16.4. The van der Waals surface area contributed by atoms with Crippen LogP contribution in [0.5, 0.6) is 5.75 Å². The van der Waals surface area contributed by atoms with E-state index >= 15 is 0 Å². The molecule has 1 aromatic heterocycles. The summed E-state index contributed by atoms with van der Waals surface area (Å²) in [7, 11) is 0. The molecule has 0 radical (unpaired) electrons. The Kier molecular flexibility index (Phi) is 2.21. The molecule has 1 aromatic carbocycles. The summed E-state index contributed by atoms with van der Waals surface area (Å²) in [5.41, 5.74) is -0.0299. The normalized spacial score (nSPS) is 12.9. The van der Waals surface area contributed by atoms with Crippen molar-refractivity contribution in [3.63, 3.8) is 0 Å². The van der Waals surface area contributed by atoms with E-state index in [2.05, 4.69) is 0 Å². The molecule has 0 spiro atoms. The molecule has 2 N–H and O–H groups in total. The number of aromatic hydroxyl groups is 1. The van der Waals surface area contributed by atoms with Crippen molar-refractivity contribution in [2.75, 3.05) is 0 Å². The molecule has 0 aliphatic heterocycles. The molecule has 0 aliphatic carbocycles. The van der Waals surface area contributed by atoms with Gasteiger partial charge in [-0.2, -0.15) is 0 Å². The molecule has 2 aromatic rings. The Morgan fingerprint density at radius 2 is 1.93 bits per heavy atom. The Bertz CT molecular complexity index is 554. The van der Waals surface area contributed by atoms with Crippen molar-refractivity contribution in [3.05, 3.63) is 40.2 Å². The lowest BCUT2D eigenvalue weighted by Gasteiger charge is -2.09. The maximum atomic E-state index is 11.0. The SMILES string of the molecule is CC(O)c1c(O)ccc2ccc(=O)oc12. The molecule has 1 heterocycles. The van der Waals surface area contributed by atoms with Crippen LogP contribution in [0, 0.1) is 0 Å². The standard InChI is InChI=1S/C11H10O4/c1-6(12)10-8(13)4-2-7-3-5-9(14)15-11(7)10/h2-6,12-13H,1H3. The van der Waals surface area contributed by atoms with Gasteiger partial charge >= 0.3 is 5.63 Å². The minimum atomic E-state index is -0.890. The predicted octanol–water partition coefficient (Wildman–Crippen LogP) is 1.55. The quantitative estimate of drug-likeness (QED) is 0.694. The summed E-state index contributed by atoms with van der Waals surface area (Å²) in [5.74, 6) is -0.0770. The van der Waals surface area contributed by atoms with Crippen molar-refractivity contribution in [2.24, 2.45) is 0 Å². The molecule has 0 aliphatic rings. The summed E-state index contributed by atoms with van der Waals surface area (Å²) in [6, 6.07) is 5.97. The van der Waals surface area contributed by atoms with Crippen LogP contribution in [0.4, 0.5) is 0 Å². The molecular formula is C11H10O4. The van der Waals surface area contributed by atoms with Crippen molar-refractivity contribution in [1.82, 2.24) is 0 Å². The summed E-state index contributed by atoms with van der Waals surface area (Å²) in [6.45, 7) is 1.50. The number of hydrogen-bond donors (Lipinski definition) is 2. The molecule has 1 unspecified atom stereocenters. The third-order valence-electron chi connectivity index (χ3n) is 2.22. The molecule has 15 heavy (non-hydrogen) atoms. The van der Waals surface area contributed by atoms with Gasteiger partial charge in [-0.1, -0.05) is 0 Å². The fourth-order valence-corrected chi connectivity index (χ4v) is 1.55. The second kappa shape index (κ2) is 3.40. The van der Waals surface area contributed by atoms with E-state index < -0.39 is 11.7 Å². The number of hydrogen-bond acceptors (Lipinski definition) is 4. The van der Waals surface area contributed by atoms with E-state index in [1.165, 1.54) is 19.1 Å². The van der Waals surface area contributed by atoms with Gasteiger partial charge in [-0.05, 0) is 25.1 Å². The van der Waals surface area contributed by atoms with Crippen molar-refractivity contribution < 1.29 is 14.6 Å². The molecule has 0 bridgehead atoms. The van der Waals surface area contributed by atoms with E-state index in [-0.39, 0.29) is 16.9 Å². The van der Waals surface area contributed by atoms with Gasteiger partial charge in [-0.25, -0.2) is 4.79 Å². The number of rotatable bonds is 1. The molecule has 2 rings (SSSR count). The zero-order valence-electron chi connectivity index (χ0n) is 8.10. The second-order valence-electron chi connectivity index (χ2n) is 3.35. The number of benzene rings is 1. The summed E-state index contributed by atoms with van der Waals surface area (Å²) in [6.07, 6.45) is -0.890. The van der Waals surface area contributed by atoms with E-state index in [4.69, 9.17) is 4.42 Å². The van der Waals surface area contributed by atoms with Crippen LogP contribution >= 0.6 is 0 Å². The van der Waals surface area contributed by atoms with E-state index in [0.29, 0.717) is 5.39 Å². The van der Waals surface area contributed by atoms with E-state index in [1.807, 2.05) is 0 Å². The Hall–Kier alpha value is -1.81. The Morgan fingerprint density at radius 3 is 2.60 bits per heavy atom. The van der Waals surface area contributed by atoms with Gasteiger partial charge in [-0.15, -0.1) is 0 Å². The number of phenolic OH excluding ortho intramolecular Hbond substituents is 1. The van der Waals surface area contributed by atoms with Gasteiger partial charge in [0.25, 0.3) is 0 Å². The summed E-state index contributed by atoms with van der Waals surface area (Å²) in [5, 5.41) is 19.7. The molecule has 0 saturated heterocycles. The average molecular weight is 206 g/mol. The number of fused-ring (bicyclic) bond motifs is 1. The van der Waals surface area contributed by atoms with E-state index in [9.17, 15) is 15.0 Å². The average Bonchev–Trinajstić information content (AvgIpc) is 2.16. The van der Waals surface area contributed by atoms with Gasteiger partial charge in [0.1, 0.15) is 11.3 Å². The Labute approximate surface area is 85.4 Å². The first-order valence-electron chi connectivity index (χ1n) is 4.53. The summed E-state index contributed by atoms with van der Waals surface area (Å²) in [4.78, 5) is 11.0. The van der Waals surface area contributed by atoms with Gasteiger partial charge in [0, 0.05) is 11.5 Å². The first-order valence-corrected chi connectivity index (χ1v) is 4.53. The van der Waals surface area contributed by atoms with Crippen molar-refractivity contribution in [2.45, 2.75) is 13.0 Å². The highest BCUT2D eigenvalue weighted by molar-refractivity contribution is 5.82. The third-order valence-corrected chi connectivity index (χ3v) is 2.22. The van der Waals surface area contributed by atoms with Crippen LogP contribution in [-0.4, -0.2) is 10.2 Å². The molecule has 1 atom stereocenters. The van der Waals surface area contributed by atoms with Crippen molar-refractivity contribution in [1.29, 1.82) is 0 Å². The van der Waals surface area contributed by atoms with Crippen LogP contribution in [0.3, 0.4) is 0 Å². The van der Waals surface area contributed by atoms with E-state index in [0.717, 1.165) is 0 Å². The third kappa shape index (κ3) is 1.59.